The summed E-state index contributed by atoms with van der Waals surface area (Å²) in [5.41, 5.74) is 3.60. The number of hydrogen-bond donors (Lipinski definition) is 0. The van der Waals surface area contributed by atoms with Gasteiger partial charge in [0.05, 0.1) is 21.3 Å². The fraction of sp³-hybridized carbons (Fsp3) is 0.130. The van der Waals surface area contributed by atoms with Crippen LogP contribution in [0.4, 0.5) is 0 Å². The van der Waals surface area contributed by atoms with Crippen LogP contribution in [0.1, 0.15) is 27.1 Å². The maximum Gasteiger partial charge on any atom is 0.261 e. The number of fused-ring (bicyclic) bond motifs is 3. The van der Waals surface area contributed by atoms with Crippen molar-refractivity contribution in [2.45, 2.75) is 13.0 Å². The Morgan fingerprint density at radius 3 is 2.10 bits per heavy atom. The number of aromatic nitrogens is 1. The zero-order chi connectivity index (χ0) is 19.8. The van der Waals surface area contributed by atoms with Crippen LogP contribution in [0.3, 0.4) is 0 Å². The van der Waals surface area contributed by atoms with E-state index in [1.54, 1.807) is 35.8 Å². The smallest absolute Gasteiger partial charge is 0.261 e. The Kier molecular flexibility index (Phi) is 4.41. The van der Waals surface area contributed by atoms with Gasteiger partial charge in [-0.25, -0.2) is 0 Å². The standard InChI is InChI=1S/C23H18N2O3S/c26-22-16-8-1-2-9-17(16)23(27)24(22)14-7-15-25-18-10-3-4-11-19(18)28-20-12-5-6-13-21(20)29-25/h1-6,8-13H,7,14-15H2. The molecule has 5 rings (SSSR count). The number of benzene rings is 3. The zero-order valence-electron chi connectivity index (χ0n) is 15.6. The predicted molar refractivity (Wildman–Crippen MR) is 114 cm³/mol. The minimum atomic E-state index is -0.205. The van der Waals surface area contributed by atoms with Crippen molar-refractivity contribution in [1.29, 1.82) is 0 Å². The quantitative estimate of drug-likeness (QED) is 0.438. The van der Waals surface area contributed by atoms with Crippen LogP contribution in [0.25, 0.3) is 21.4 Å². The molecule has 0 aliphatic carbocycles. The lowest BCUT2D eigenvalue weighted by atomic mass is 10.1. The molecule has 1 aliphatic heterocycles. The summed E-state index contributed by atoms with van der Waals surface area (Å²) in [6, 6.07) is 22.9. The van der Waals surface area contributed by atoms with Crippen molar-refractivity contribution in [3.63, 3.8) is 0 Å². The number of carbonyl (C=O) groups excluding carboxylic acids is 2. The maximum absolute atomic E-state index is 12.6. The molecule has 4 aromatic rings. The van der Waals surface area contributed by atoms with E-state index >= 15 is 0 Å². The van der Waals surface area contributed by atoms with Crippen molar-refractivity contribution in [3.8, 4) is 0 Å². The Morgan fingerprint density at radius 2 is 1.34 bits per heavy atom. The van der Waals surface area contributed by atoms with Crippen molar-refractivity contribution in [3.05, 3.63) is 83.9 Å². The molecule has 0 bridgehead atoms. The lowest BCUT2D eigenvalue weighted by Crippen LogP contribution is -2.31. The van der Waals surface area contributed by atoms with E-state index in [0.717, 1.165) is 21.4 Å². The van der Waals surface area contributed by atoms with Gasteiger partial charge in [-0.1, -0.05) is 47.9 Å². The van der Waals surface area contributed by atoms with E-state index in [1.807, 2.05) is 48.5 Å². The van der Waals surface area contributed by atoms with Gasteiger partial charge in [0, 0.05) is 13.1 Å². The largest absolute Gasteiger partial charge is 0.454 e. The molecule has 0 unspecified atom stereocenters. The van der Waals surface area contributed by atoms with Gasteiger partial charge in [-0.05, 0) is 42.8 Å². The number of para-hydroxylation sites is 3. The third-order valence-corrected chi connectivity index (χ3v) is 6.17. The van der Waals surface area contributed by atoms with Crippen molar-refractivity contribution < 1.29 is 14.0 Å². The molecule has 144 valence electrons. The lowest BCUT2D eigenvalue weighted by molar-refractivity contribution is 0.0651. The van der Waals surface area contributed by atoms with Gasteiger partial charge in [-0.2, -0.15) is 0 Å². The van der Waals surface area contributed by atoms with E-state index in [2.05, 4.69) is 3.96 Å². The Bertz CT molecular complexity index is 1260. The van der Waals surface area contributed by atoms with E-state index in [-0.39, 0.29) is 11.8 Å². The molecule has 0 radical (unpaired) electrons. The zero-order valence-corrected chi connectivity index (χ0v) is 16.4. The monoisotopic (exact) mass is 402 g/mol. The number of carbonyl (C=O) groups is 2. The number of aryl methyl sites for hydroxylation is 1. The first-order valence-corrected chi connectivity index (χ1v) is 10.3. The predicted octanol–water partition coefficient (Wildman–Crippen LogP) is 5.26. The van der Waals surface area contributed by atoms with Gasteiger partial charge in [0.2, 0.25) is 0 Å². The number of rotatable bonds is 4. The summed E-state index contributed by atoms with van der Waals surface area (Å²) in [5, 5.41) is 0. The highest BCUT2D eigenvalue weighted by Gasteiger charge is 2.34. The summed E-state index contributed by atoms with van der Waals surface area (Å²) in [4.78, 5) is 26.5. The highest BCUT2D eigenvalue weighted by molar-refractivity contribution is 7.13. The second-order valence-electron chi connectivity index (χ2n) is 6.87. The third-order valence-electron chi connectivity index (χ3n) is 5.03. The molecule has 0 saturated carbocycles. The van der Waals surface area contributed by atoms with Crippen LogP contribution in [-0.2, 0) is 6.54 Å². The molecule has 29 heavy (non-hydrogen) atoms. The highest BCUT2D eigenvalue weighted by Crippen LogP contribution is 2.25. The Morgan fingerprint density at radius 1 is 0.724 bits per heavy atom. The second-order valence-corrected chi connectivity index (χ2v) is 7.93. The first-order valence-electron chi connectivity index (χ1n) is 9.49. The van der Waals surface area contributed by atoms with Crippen LogP contribution < -0.4 is 0 Å². The minimum Gasteiger partial charge on any atom is -0.454 e. The van der Waals surface area contributed by atoms with Crippen LogP contribution in [0.15, 0.2) is 77.2 Å². The molecule has 0 saturated heterocycles. The summed E-state index contributed by atoms with van der Waals surface area (Å²) in [6.45, 7) is 1.06. The Balaban J connectivity index is 1.44. The van der Waals surface area contributed by atoms with Gasteiger partial charge in [0.1, 0.15) is 5.58 Å². The van der Waals surface area contributed by atoms with Crippen molar-refractivity contribution in [2.24, 2.45) is 0 Å². The Hall–Kier alpha value is -3.38. The molecule has 5 nitrogen and oxygen atoms in total. The van der Waals surface area contributed by atoms with Crippen molar-refractivity contribution >= 4 is 44.7 Å². The molecule has 6 heteroatoms. The van der Waals surface area contributed by atoms with Gasteiger partial charge in [-0.3, -0.25) is 18.4 Å². The number of amides is 2. The van der Waals surface area contributed by atoms with Crippen LogP contribution >= 0.6 is 11.5 Å². The molecule has 3 aromatic carbocycles. The van der Waals surface area contributed by atoms with Gasteiger partial charge >= 0.3 is 0 Å². The van der Waals surface area contributed by atoms with E-state index in [9.17, 15) is 9.59 Å². The number of nitrogens with zero attached hydrogens (tertiary/aromatic N) is 2. The average molecular weight is 402 g/mol. The van der Waals surface area contributed by atoms with E-state index < -0.39 is 0 Å². The third kappa shape index (κ3) is 3.11. The van der Waals surface area contributed by atoms with Crippen molar-refractivity contribution in [2.75, 3.05) is 6.54 Å². The minimum absolute atomic E-state index is 0.205. The SMILES string of the molecule is O=C1c2ccccc2C(=O)N1CCCn1sc2ccccc2oc2ccccc21. The summed E-state index contributed by atoms with van der Waals surface area (Å²) >= 11 is 1.61. The van der Waals surface area contributed by atoms with Crippen LogP contribution in [-0.4, -0.2) is 27.2 Å². The molecular weight excluding hydrogens is 384 g/mol. The van der Waals surface area contributed by atoms with Crippen LogP contribution in [0.5, 0.6) is 0 Å². The van der Waals surface area contributed by atoms with Crippen LogP contribution in [0.2, 0.25) is 0 Å². The first kappa shape index (κ1) is 17.7. The molecule has 0 N–H and O–H groups in total. The molecule has 0 spiro atoms. The summed E-state index contributed by atoms with van der Waals surface area (Å²) in [5.74, 6) is -0.411. The maximum atomic E-state index is 12.6. The van der Waals surface area contributed by atoms with E-state index in [4.69, 9.17) is 4.42 Å². The molecule has 1 aromatic heterocycles. The van der Waals surface area contributed by atoms with Crippen LogP contribution in [0, 0.1) is 0 Å². The number of hydrogen-bond acceptors (Lipinski definition) is 4. The van der Waals surface area contributed by atoms with Gasteiger partial charge in [-0.15, -0.1) is 0 Å². The normalized spacial score (nSPS) is 13.3. The van der Waals surface area contributed by atoms with Crippen molar-refractivity contribution in [1.82, 2.24) is 8.86 Å². The summed E-state index contributed by atoms with van der Waals surface area (Å²) in [7, 11) is 0. The molecule has 0 fully saturated rings. The molecule has 2 heterocycles. The topological polar surface area (TPSA) is 55.5 Å². The highest BCUT2D eigenvalue weighted by atomic mass is 32.1. The molecular formula is C23H18N2O3S. The average Bonchev–Trinajstić information content (AvgIpc) is 2.90. The Labute approximate surface area is 171 Å². The van der Waals surface area contributed by atoms with E-state index in [1.165, 1.54) is 4.90 Å². The molecule has 0 atom stereocenters. The second kappa shape index (κ2) is 7.22. The molecule has 2 amide bonds. The summed E-state index contributed by atoms with van der Waals surface area (Å²) < 4.78 is 9.31. The fourth-order valence-electron chi connectivity index (χ4n) is 3.63. The number of imide groups is 1. The van der Waals surface area contributed by atoms with Gasteiger partial charge in [0.25, 0.3) is 11.8 Å². The fourth-order valence-corrected chi connectivity index (χ4v) is 4.67. The van der Waals surface area contributed by atoms with Gasteiger partial charge in [0.15, 0.2) is 5.58 Å². The first-order chi connectivity index (χ1) is 14.2. The van der Waals surface area contributed by atoms with Gasteiger partial charge < -0.3 is 4.42 Å². The molecule has 1 aliphatic rings. The lowest BCUT2D eigenvalue weighted by Gasteiger charge is -2.14. The summed E-state index contributed by atoms with van der Waals surface area (Å²) in [6.07, 6.45) is 0.662. The van der Waals surface area contributed by atoms with E-state index in [0.29, 0.717) is 30.6 Å².